The second-order valence-electron chi connectivity index (χ2n) is 4.97. The van der Waals surface area contributed by atoms with Crippen LogP contribution in [-0.4, -0.2) is 37.0 Å². The average molecular weight is 313 g/mol. The van der Waals surface area contributed by atoms with E-state index in [1.54, 1.807) is 24.3 Å². The quantitative estimate of drug-likeness (QED) is 0.818. The molecule has 108 valence electrons. The second-order valence-corrected chi connectivity index (χ2v) is 5.79. The molecule has 0 radical (unpaired) electrons. The van der Waals surface area contributed by atoms with Gasteiger partial charge in [0.05, 0.1) is 0 Å². The highest BCUT2D eigenvalue weighted by molar-refractivity contribution is 6.37. The van der Waals surface area contributed by atoms with Crippen molar-refractivity contribution in [3.63, 3.8) is 0 Å². The molecule has 0 heterocycles. The first kappa shape index (κ1) is 15.4. The summed E-state index contributed by atoms with van der Waals surface area (Å²) in [6.45, 7) is 1.52. The number of rotatable bonds is 6. The summed E-state index contributed by atoms with van der Waals surface area (Å²) in [6.07, 6.45) is 5.65. The maximum atomic E-state index is 11.7. The molecule has 0 aliphatic heterocycles. The number of carbonyl (C=O) groups is 1. The lowest BCUT2D eigenvalue weighted by molar-refractivity contribution is -0.116. The van der Waals surface area contributed by atoms with E-state index in [0.717, 1.165) is 6.54 Å². The van der Waals surface area contributed by atoms with E-state index in [1.807, 2.05) is 0 Å². The van der Waals surface area contributed by atoms with Crippen molar-refractivity contribution in [2.45, 2.75) is 18.9 Å². The summed E-state index contributed by atoms with van der Waals surface area (Å²) in [5.41, 5.74) is 0.668. The fraction of sp³-hybridized carbons (Fsp3) is 0.400. The van der Waals surface area contributed by atoms with E-state index in [9.17, 15) is 4.79 Å². The molecule has 1 aromatic carbocycles. The SMILES string of the molecule is CN(CCNC(=O)/C=C\c1c(Cl)cccc1Cl)C1CC1. The fourth-order valence-electron chi connectivity index (χ4n) is 1.94. The normalized spacial score (nSPS) is 15.0. The van der Waals surface area contributed by atoms with Crippen molar-refractivity contribution in [2.75, 3.05) is 20.1 Å². The van der Waals surface area contributed by atoms with Crippen molar-refractivity contribution >= 4 is 35.2 Å². The number of likely N-dealkylation sites (N-methyl/N-ethyl adjacent to an activating group) is 1. The van der Waals surface area contributed by atoms with Gasteiger partial charge in [-0.05, 0) is 38.1 Å². The van der Waals surface area contributed by atoms with Crippen molar-refractivity contribution in [1.82, 2.24) is 10.2 Å². The molecule has 3 nitrogen and oxygen atoms in total. The summed E-state index contributed by atoms with van der Waals surface area (Å²) >= 11 is 12.1. The summed E-state index contributed by atoms with van der Waals surface area (Å²) in [6, 6.07) is 5.98. The third-order valence-corrected chi connectivity index (χ3v) is 3.99. The predicted octanol–water partition coefficient (Wildman–Crippen LogP) is 3.22. The molecule has 1 fully saturated rings. The highest BCUT2D eigenvalue weighted by Gasteiger charge is 2.25. The Morgan fingerprint density at radius 2 is 2.05 bits per heavy atom. The lowest BCUT2D eigenvalue weighted by Gasteiger charge is -2.15. The highest BCUT2D eigenvalue weighted by atomic mass is 35.5. The molecule has 0 spiro atoms. The molecule has 0 bridgehead atoms. The van der Waals surface area contributed by atoms with Crippen molar-refractivity contribution in [3.05, 3.63) is 39.9 Å². The minimum Gasteiger partial charge on any atom is -0.351 e. The lowest BCUT2D eigenvalue weighted by atomic mass is 10.2. The van der Waals surface area contributed by atoms with Gasteiger partial charge in [-0.2, -0.15) is 0 Å². The Kier molecular flexibility index (Phi) is 5.46. The third-order valence-electron chi connectivity index (χ3n) is 3.34. The Morgan fingerprint density at radius 1 is 1.40 bits per heavy atom. The fourth-order valence-corrected chi connectivity index (χ4v) is 2.46. The van der Waals surface area contributed by atoms with Gasteiger partial charge in [-0.3, -0.25) is 4.79 Å². The van der Waals surface area contributed by atoms with Crippen LogP contribution in [-0.2, 0) is 4.79 Å². The monoisotopic (exact) mass is 312 g/mol. The molecular weight excluding hydrogens is 295 g/mol. The molecule has 1 aliphatic carbocycles. The predicted molar refractivity (Wildman–Crippen MR) is 84.2 cm³/mol. The van der Waals surface area contributed by atoms with Crippen LogP contribution in [0, 0.1) is 0 Å². The maximum absolute atomic E-state index is 11.7. The van der Waals surface area contributed by atoms with Crippen LogP contribution in [0.15, 0.2) is 24.3 Å². The minimum atomic E-state index is -0.134. The van der Waals surface area contributed by atoms with Crippen LogP contribution < -0.4 is 5.32 Å². The van der Waals surface area contributed by atoms with Crippen LogP contribution in [0.25, 0.3) is 6.08 Å². The largest absolute Gasteiger partial charge is 0.351 e. The number of amides is 1. The number of benzene rings is 1. The molecule has 2 rings (SSSR count). The van der Waals surface area contributed by atoms with Crippen LogP contribution in [0.5, 0.6) is 0 Å². The van der Waals surface area contributed by atoms with Crippen LogP contribution in [0.2, 0.25) is 10.0 Å². The molecule has 1 N–H and O–H groups in total. The van der Waals surface area contributed by atoms with E-state index in [2.05, 4.69) is 17.3 Å². The summed E-state index contributed by atoms with van der Waals surface area (Å²) < 4.78 is 0. The number of halogens is 2. The Bertz CT molecular complexity index is 492. The summed E-state index contributed by atoms with van der Waals surface area (Å²) in [7, 11) is 2.09. The zero-order valence-electron chi connectivity index (χ0n) is 11.4. The molecule has 1 amide bonds. The van der Waals surface area contributed by atoms with Crippen LogP contribution in [0.3, 0.4) is 0 Å². The highest BCUT2D eigenvalue weighted by Crippen LogP contribution is 2.25. The molecule has 1 aliphatic rings. The molecule has 0 unspecified atom stereocenters. The Balaban J connectivity index is 1.80. The minimum absolute atomic E-state index is 0.134. The maximum Gasteiger partial charge on any atom is 0.244 e. The van der Waals surface area contributed by atoms with Gasteiger partial charge in [0.1, 0.15) is 0 Å². The Morgan fingerprint density at radius 3 is 2.65 bits per heavy atom. The zero-order valence-corrected chi connectivity index (χ0v) is 12.9. The van der Waals surface area contributed by atoms with Gasteiger partial charge in [-0.15, -0.1) is 0 Å². The van der Waals surface area contributed by atoms with Gasteiger partial charge in [0.2, 0.25) is 5.91 Å². The van der Waals surface area contributed by atoms with Crippen molar-refractivity contribution in [3.8, 4) is 0 Å². The molecule has 0 atom stereocenters. The number of carbonyl (C=O) groups excluding carboxylic acids is 1. The van der Waals surface area contributed by atoms with Gasteiger partial charge in [-0.25, -0.2) is 0 Å². The first-order chi connectivity index (χ1) is 9.58. The first-order valence-electron chi connectivity index (χ1n) is 6.68. The van der Waals surface area contributed by atoms with Gasteiger partial charge in [-0.1, -0.05) is 29.3 Å². The molecule has 0 saturated heterocycles. The smallest absolute Gasteiger partial charge is 0.244 e. The van der Waals surface area contributed by atoms with Crippen LogP contribution in [0.4, 0.5) is 0 Å². The molecule has 1 aromatic rings. The number of hydrogen-bond donors (Lipinski definition) is 1. The van der Waals surface area contributed by atoms with E-state index in [1.165, 1.54) is 18.9 Å². The summed E-state index contributed by atoms with van der Waals surface area (Å²) in [5.74, 6) is -0.134. The topological polar surface area (TPSA) is 32.3 Å². The number of nitrogens with one attached hydrogen (secondary N) is 1. The van der Waals surface area contributed by atoms with Gasteiger partial charge in [0, 0.05) is 40.8 Å². The first-order valence-corrected chi connectivity index (χ1v) is 7.43. The van der Waals surface area contributed by atoms with Crippen molar-refractivity contribution in [1.29, 1.82) is 0 Å². The molecule has 0 aromatic heterocycles. The second kappa shape index (κ2) is 7.11. The van der Waals surface area contributed by atoms with E-state index in [0.29, 0.717) is 28.2 Å². The molecule has 1 saturated carbocycles. The van der Waals surface area contributed by atoms with Crippen LogP contribution >= 0.6 is 23.2 Å². The van der Waals surface area contributed by atoms with E-state index in [-0.39, 0.29) is 5.91 Å². The Hall–Kier alpha value is -1.03. The third kappa shape index (κ3) is 4.51. The zero-order chi connectivity index (χ0) is 14.5. The van der Waals surface area contributed by atoms with Crippen molar-refractivity contribution in [2.24, 2.45) is 0 Å². The number of hydrogen-bond acceptors (Lipinski definition) is 2. The van der Waals surface area contributed by atoms with E-state index < -0.39 is 0 Å². The van der Waals surface area contributed by atoms with Gasteiger partial charge in [0.15, 0.2) is 0 Å². The van der Waals surface area contributed by atoms with E-state index in [4.69, 9.17) is 23.2 Å². The standard InChI is InChI=1S/C15H18Cl2N2O/c1-19(11-5-6-11)10-9-18-15(20)8-7-12-13(16)3-2-4-14(12)17/h2-4,7-8,11H,5-6,9-10H2,1H3,(H,18,20)/b8-7-. The van der Waals surface area contributed by atoms with Crippen molar-refractivity contribution < 1.29 is 4.79 Å². The summed E-state index contributed by atoms with van der Waals surface area (Å²) in [5, 5.41) is 3.93. The average Bonchev–Trinajstić information content (AvgIpc) is 3.22. The van der Waals surface area contributed by atoms with Gasteiger partial charge < -0.3 is 10.2 Å². The summed E-state index contributed by atoms with van der Waals surface area (Å²) in [4.78, 5) is 14.0. The van der Waals surface area contributed by atoms with Crippen LogP contribution in [0.1, 0.15) is 18.4 Å². The molecular formula is C15H18Cl2N2O. The van der Waals surface area contributed by atoms with E-state index >= 15 is 0 Å². The van der Waals surface area contributed by atoms with Gasteiger partial charge in [0.25, 0.3) is 0 Å². The lowest BCUT2D eigenvalue weighted by Crippen LogP contribution is -2.33. The van der Waals surface area contributed by atoms with Gasteiger partial charge >= 0.3 is 0 Å². The molecule has 5 heteroatoms. The molecule has 20 heavy (non-hydrogen) atoms. The Labute approximate surface area is 129 Å². The number of nitrogens with zero attached hydrogens (tertiary/aromatic N) is 1.